The number of nitrogens with zero attached hydrogens (tertiary/aromatic N) is 2. The first-order valence-electron chi connectivity index (χ1n) is 6.75. The molecule has 20 heavy (non-hydrogen) atoms. The van der Waals surface area contributed by atoms with E-state index in [-0.39, 0.29) is 0 Å². The largest absolute Gasteiger partial charge is 0.477 e. The van der Waals surface area contributed by atoms with E-state index in [4.69, 9.17) is 4.74 Å². The normalized spacial score (nSPS) is 10.1. The molecule has 0 amide bonds. The lowest BCUT2D eigenvalue weighted by Crippen LogP contribution is -2.05. The van der Waals surface area contributed by atoms with Crippen LogP contribution < -0.4 is 10.1 Å². The molecule has 1 aromatic carbocycles. The number of ether oxygens (including phenoxy) is 1. The van der Waals surface area contributed by atoms with Crippen LogP contribution in [0, 0.1) is 0 Å². The lowest BCUT2D eigenvalue weighted by atomic mass is 10.2. The molecule has 2 rings (SSSR count). The Labute approximate surface area is 119 Å². The van der Waals surface area contributed by atoms with E-state index in [0.717, 1.165) is 24.3 Å². The van der Waals surface area contributed by atoms with Gasteiger partial charge in [0.1, 0.15) is 5.82 Å². The van der Waals surface area contributed by atoms with Crippen LogP contribution in [-0.2, 0) is 0 Å². The van der Waals surface area contributed by atoms with E-state index < -0.39 is 0 Å². The fourth-order valence-corrected chi connectivity index (χ4v) is 1.73. The van der Waals surface area contributed by atoms with Crippen LogP contribution in [0.3, 0.4) is 0 Å². The zero-order valence-corrected chi connectivity index (χ0v) is 11.7. The summed E-state index contributed by atoms with van der Waals surface area (Å²) < 4.78 is 5.63. The molecule has 0 spiro atoms. The van der Waals surface area contributed by atoms with E-state index in [9.17, 15) is 0 Å². The van der Waals surface area contributed by atoms with E-state index in [0.29, 0.717) is 18.3 Å². The monoisotopic (exact) mass is 269 g/mol. The Bertz CT molecular complexity index is 555. The van der Waals surface area contributed by atoms with Gasteiger partial charge in [-0.3, -0.25) is 0 Å². The van der Waals surface area contributed by atoms with Crippen molar-refractivity contribution in [2.75, 3.05) is 18.5 Å². The molecule has 1 heterocycles. The number of rotatable bonds is 7. The molecule has 4 nitrogen and oxygen atoms in total. The molecular formula is C16H19N3O. The summed E-state index contributed by atoms with van der Waals surface area (Å²) in [6, 6.07) is 11.7. The van der Waals surface area contributed by atoms with Gasteiger partial charge in [-0.1, -0.05) is 36.4 Å². The van der Waals surface area contributed by atoms with Gasteiger partial charge in [-0.05, 0) is 13.3 Å². The topological polar surface area (TPSA) is 47.0 Å². The highest BCUT2D eigenvalue weighted by molar-refractivity contribution is 5.58. The van der Waals surface area contributed by atoms with Crippen LogP contribution in [0.1, 0.15) is 13.3 Å². The second-order valence-electron chi connectivity index (χ2n) is 4.24. The molecule has 0 aliphatic carbocycles. The van der Waals surface area contributed by atoms with Crippen molar-refractivity contribution in [3.63, 3.8) is 0 Å². The molecule has 2 aromatic rings. The van der Waals surface area contributed by atoms with Gasteiger partial charge in [0.25, 0.3) is 0 Å². The number of benzene rings is 1. The van der Waals surface area contributed by atoms with Gasteiger partial charge < -0.3 is 10.1 Å². The number of nitrogens with one attached hydrogen (secondary N) is 1. The third kappa shape index (κ3) is 3.82. The fourth-order valence-electron chi connectivity index (χ4n) is 1.73. The predicted molar refractivity (Wildman–Crippen MR) is 81.9 cm³/mol. The first-order valence-corrected chi connectivity index (χ1v) is 6.75. The molecule has 0 aliphatic rings. The van der Waals surface area contributed by atoms with E-state index in [1.54, 1.807) is 0 Å². The number of hydrogen-bond donors (Lipinski definition) is 1. The summed E-state index contributed by atoms with van der Waals surface area (Å²) in [5, 5.41) is 3.20. The summed E-state index contributed by atoms with van der Waals surface area (Å²) in [6.07, 6.45) is 2.62. The number of aromatic nitrogens is 2. The van der Waals surface area contributed by atoms with E-state index >= 15 is 0 Å². The van der Waals surface area contributed by atoms with Crippen LogP contribution in [0.25, 0.3) is 11.4 Å². The minimum absolute atomic E-state index is 0.570. The van der Waals surface area contributed by atoms with Crippen molar-refractivity contribution >= 4 is 5.82 Å². The Balaban J connectivity index is 2.28. The summed E-state index contributed by atoms with van der Waals surface area (Å²) >= 11 is 0. The van der Waals surface area contributed by atoms with Crippen molar-refractivity contribution in [3.05, 3.63) is 49.1 Å². The highest BCUT2D eigenvalue weighted by Crippen LogP contribution is 2.21. The lowest BCUT2D eigenvalue weighted by Gasteiger charge is -2.09. The van der Waals surface area contributed by atoms with E-state index in [1.807, 2.05) is 49.4 Å². The van der Waals surface area contributed by atoms with Gasteiger partial charge in [-0.15, -0.1) is 6.58 Å². The Morgan fingerprint density at radius 3 is 2.75 bits per heavy atom. The molecule has 104 valence electrons. The van der Waals surface area contributed by atoms with Gasteiger partial charge in [0.15, 0.2) is 5.82 Å². The minimum Gasteiger partial charge on any atom is -0.477 e. The van der Waals surface area contributed by atoms with Crippen LogP contribution >= 0.6 is 0 Å². The van der Waals surface area contributed by atoms with Gasteiger partial charge >= 0.3 is 0 Å². The maximum Gasteiger partial charge on any atom is 0.219 e. The summed E-state index contributed by atoms with van der Waals surface area (Å²) in [5.41, 5.74) is 0.973. The standard InChI is InChI=1S/C16H19N3O/c1-3-5-11-20-15-12-14(17-4-2)18-16(19-15)13-9-7-6-8-10-13/h3,6-10,12H,1,4-5,11H2,2H3,(H,17,18,19). The minimum atomic E-state index is 0.570. The van der Waals surface area contributed by atoms with Crippen molar-refractivity contribution in [2.24, 2.45) is 0 Å². The van der Waals surface area contributed by atoms with Crippen molar-refractivity contribution in [1.82, 2.24) is 9.97 Å². The van der Waals surface area contributed by atoms with Crippen LogP contribution in [0.5, 0.6) is 5.88 Å². The van der Waals surface area contributed by atoms with E-state index in [1.165, 1.54) is 0 Å². The van der Waals surface area contributed by atoms with Crippen molar-refractivity contribution in [1.29, 1.82) is 0 Å². The second kappa shape index (κ2) is 7.28. The Morgan fingerprint density at radius 2 is 2.05 bits per heavy atom. The van der Waals surface area contributed by atoms with Crippen LogP contribution in [0.4, 0.5) is 5.82 Å². The SMILES string of the molecule is C=CCCOc1cc(NCC)nc(-c2ccccc2)n1. The first-order chi connectivity index (χ1) is 9.83. The highest BCUT2D eigenvalue weighted by Gasteiger charge is 2.07. The average Bonchev–Trinajstić information content (AvgIpc) is 2.49. The number of anilines is 1. The predicted octanol–water partition coefficient (Wildman–Crippen LogP) is 3.53. The molecule has 1 aromatic heterocycles. The summed E-state index contributed by atoms with van der Waals surface area (Å²) in [5.74, 6) is 2.02. The van der Waals surface area contributed by atoms with Crippen molar-refractivity contribution in [2.45, 2.75) is 13.3 Å². The first kappa shape index (κ1) is 14.1. The molecule has 0 radical (unpaired) electrons. The highest BCUT2D eigenvalue weighted by atomic mass is 16.5. The van der Waals surface area contributed by atoms with Gasteiger partial charge in [0, 0.05) is 18.2 Å². The average molecular weight is 269 g/mol. The van der Waals surface area contributed by atoms with E-state index in [2.05, 4.69) is 21.9 Å². The smallest absolute Gasteiger partial charge is 0.219 e. The molecule has 1 N–H and O–H groups in total. The van der Waals surface area contributed by atoms with Gasteiger partial charge in [-0.2, -0.15) is 4.98 Å². The molecular weight excluding hydrogens is 250 g/mol. The summed E-state index contributed by atoms with van der Waals surface area (Å²) in [6.45, 7) is 7.08. The lowest BCUT2D eigenvalue weighted by molar-refractivity contribution is 0.312. The molecule has 0 fully saturated rings. The molecule has 0 aliphatic heterocycles. The zero-order valence-electron chi connectivity index (χ0n) is 11.7. The Hall–Kier alpha value is -2.36. The zero-order chi connectivity index (χ0) is 14.2. The van der Waals surface area contributed by atoms with Crippen molar-refractivity contribution in [3.8, 4) is 17.3 Å². The molecule has 0 unspecified atom stereocenters. The summed E-state index contributed by atoms with van der Waals surface area (Å²) in [7, 11) is 0. The second-order valence-corrected chi connectivity index (χ2v) is 4.24. The van der Waals surface area contributed by atoms with Crippen LogP contribution in [0.2, 0.25) is 0 Å². The third-order valence-corrected chi connectivity index (χ3v) is 2.66. The Morgan fingerprint density at radius 1 is 1.25 bits per heavy atom. The molecule has 0 bridgehead atoms. The van der Waals surface area contributed by atoms with Gasteiger partial charge in [0.2, 0.25) is 5.88 Å². The quantitative estimate of drug-likeness (QED) is 0.617. The number of hydrogen-bond acceptors (Lipinski definition) is 4. The van der Waals surface area contributed by atoms with Crippen LogP contribution in [0.15, 0.2) is 49.1 Å². The van der Waals surface area contributed by atoms with Gasteiger partial charge in [0.05, 0.1) is 6.61 Å². The van der Waals surface area contributed by atoms with Crippen molar-refractivity contribution < 1.29 is 4.74 Å². The van der Waals surface area contributed by atoms with Gasteiger partial charge in [-0.25, -0.2) is 4.98 Å². The molecule has 0 saturated carbocycles. The Kier molecular flexibility index (Phi) is 5.12. The van der Waals surface area contributed by atoms with Crippen LogP contribution in [-0.4, -0.2) is 23.1 Å². The maximum atomic E-state index is 5.63. The molecule has 0 saturated heterocycles. The molecule has 4 heteroatoms. The maximum absolute atomic E-state index is 5.63. The summed E-state index contributed by atoms with van der Waals surface area (Å²) in [4.78, 5) is 8.95. The fraction of sp³-hybridized carbons (Fsp3) is 0.250. The molecule has 0 atom stereocenters. The third-order valence-electron chi connectivity index (χ3n) is 2.66.